The molecule has 0 saturated heterocycles. The van der Waals surface area contributed by atoms with Crippen molar-refractivity contribution in [1.82, 2.24) is 0 Å². The Labute approximate surface area is 303 Å². The third kappa shape index (κ3) is 6.22. The van der Waals surface area contributed by atoms with Gasteiger partial charge in [0.25, 0.3) is 12.3 Å². The zero-order chi connectivity index (χ0) is 32.4. The molecular formula is C36H47NaO9S. The molecule has 8 rings (SSSR count). The molecule has 0 heterocycles. The molecule has 4 saturated carbocycles. The Hall–Kier alpha value is -0.890. The summed E-state index contributed by atoms with van der Waals surface area (Å²) in [6.45, 7) is 4.32. The molecule has 5 N–H and O–H groups in total. The van der Waals surface area contributed by atoms with E-state index in [1.165, 1.54) is 22.3 Å². The summed E-state index contributed by atoms with van der Waals surface area (Å²) >= 11 is 0.502. The number of phenols is 1. The van der Waals surface area contributed by atoms with Gasteiger partial charge >= 0.3 is 29.6 Å². The first-order chi connectivity index (χ1) is 22.0. The van der Waals surface area contributed by atoms with Gasteiger partial charge in [-0.1, -0.05) is 26.0 Å². The first-order valence-electron chi connectivity index (χ1n) is 17.0. The summed E-state index contributed by atoms with van der Waals surface area (Å²) in [5.74, 6) is 3.86. The third-order valence-electron chi connectivity index (χ3n) is 13.5. The van der Waals surface area contributed by atoms with Crippen molar-refractivity contribution in [3.8, 4) is 11.5 Å². The molecule has 0 bridgehead atoms. The minimum absolute atomic E-state index is 0. The molecule has 0 aromatic heterocycles. The van der Waals surface area contributed by atoms with Crippen molar-refractivity contribution in [2.24, 2.45) is 34.5 Å². The van der Waals surface area contributed by atoms with Crippen LogP contribution >= 0.6 is 12.3 Å². The minimum Gasteiger partial charge on any atom is -0.691 e. The zero-order valence-corrected chi connectivity index (χ0v) is 30.4. The van der Waals surface area contributed by atoms with Crippen LogP contribution in [0.5, 0.6) is 11.5 Å². The summed E-state index contributed by atoms with van der Waals surface area (Å²) in [4.78, 5) is 0. The van der Waals surface area contributed by atoms with Crippen LogP contribution in [0.25, 0.3) is 0 Å². The molecule has 0 aliphatic heterocycles. The summed E-state index contributed by atoms with van der Waals surface area (Å²) in [6, 6.07) is 11.8. The van der Waals surface area contributed by atoms with Crippen molar-refractivity contribution in [1.29, 1.82) is 0 Å². The van der Waals surface area contributed by atoms with Gasteiger partial charge in [-0.3, -0.25) is 5.04 Å². The molecule has 0 amide bonds. The van der Waals surface area contributed by atoms with Gasteiger partial charge in [-0.15, -0.1) is 4.33 Å². The largest absolute Gasteiger partial charge is 1.00 e. The molecule has 4 fully saturated rings. The number of fused-ring (bicyclic) bond motifs is 10. The van der Waals surface area contributed by atoms with Crippen molar-refractivity contribution in [3.05, 3.63) is 58.7 Å². The molecule has 11 heteroatoms. The number of aromatic hydroxyl groups is 1. The van der Waals surface area contributed by atoms with Crippen molar-refractivity contribution in [3.63, 3.8) is 0 Å². The second kappa shape index (κ2) is 14.0. The average molecular weight is 679 g/mol. The van der Waals surface area contributed by atoms with E-state index in [1.807, 2.05) is 18.2 Å². The second-order valence-electron chi connectivity index (χ2n) is 15.4. The summed E-state index contributed by atoms with van der Waals surface area (Å²) < 4.78 is 9.40. The monoisotopic (exact) mass is 678 g/mol. The summed E-state index contributed by atoms with van der Waals surface area (Å²) in [7, 11) is 0. The number of aryl methyl sites for hydroxylation is 2. The number of hydrogen-bond acceptors (Lipinski definition) is 10. The maximum atomic E-state index is 10.5. The SMILES string of the molecule is CC12CCC3c4ccc(O)cc4CCC3C1C[C@H](O)[C@H]2O.CC12CCC3c4ccc(OSOO[O-])cc4CCC3C1C[C@H](O)[C@H]2O.[Na+]. The molecule has 6 aliphatic rings. The summed E-state index contributed by atoms with van der Waals surface area (Å²) in [5, 5.41) is 63.9. The minimum atomic E-state index is -0.601. The van der Waals surface area contributed by atoms with E-state index in [4.69, 9.17) is 4.18 Å². The maximum absolute atomic E-state index is 10.5. The number of phenolic OH excluding ortho intramolecular Hbond substituents is 1. The van der Waals surface area contributed by atoms with Crippen LogP contribution in [0.15, 0.2) is 36.4 Å². The average Bonchev–Trinajstić information content (AvgIpc) is 3.43. The van der Waals surface area contributed by atoms with Gasteiger partial charge in [0.05, 0.1) is 24.4 Å². The molecular weight excluding hydrogens is 631 g/mol. The fourth-order valence-electron chi connectivity index (χ4n) is 11.2. The van der Waals surface area contributed by atoms with Crippen LogP contribution in [0.3, 0.4) is 0 Å². The Kier molecular flexibility index (Phi) is 10.7. The predicted molar refractivity (Wildman–Crippen MR) is 169 cm³/mol. The molecule has 0 radical (unpaired) electrons. The van der Waals surface area contributed by atoms with Gasteiger partial charge in [0, 0.05) is 0 Å². The van der Waals surface area contributed by atoms with Gasteiger partial charge in [-0.25, -0.2) is 0 Å². The first kappa shape index (κ1) is 35.9. The maximum Gasteiger partial charge on any atom is 1.00 e. The van der Waals surface area contributed by atoms with Crippen LogP contribution in [0.4, 0.5) is 0 Å². The van der Waals surface area contributed by atoms with Gasteiger partial charge in [0.2, 0.25) is 0 Å². The van der Waals surface area contributed by atoms with Crippen LogP contribution in [-0.2, 0) is 22.2 Å². The Bertz CT molecular complexity index is 1430. The van der Waals surface area contributed by atoms with E-state index in [0.29, 0.717) is 65.8 Å². The van der Waals surface area contributed by atoms with E-state index in [1.54, 1.807) is 6.07 Å². The summed E-state index contributed by atoms with van der Waals surface area (Å²) in [5.41, 5.74) is 5.03. The molecule has 2 aromatic rings. The number of aliphatic hydroxyl groups excluding tert-OH is 4. The van der Waals surface area contributed by atoms with Gasteiger partial charge in [-0.05, 0) is 157 Å². The van der Waals surface area contributed by atoms with E-state index >= 15 is 0 Å². The fourth-order valence-corrected chi connectivity index (χ4v) is 11.5. The smallest absolute Gasteiger partial charge is 0.691 e. The van der Waals surface area contributed by atoms with Gasteiger partial charge < -0.3 is 35.0 Å². The van der Waals surface area contributed by atoms with Crippen molar-refractivity contribution < 1.29 is 73.9 Å². The second-order valence-corrected chi connectivity index (χ2v) is 15.9. The van der Waals surface area contributed by atoms with Crippen LogP contribution in [-0.4, -0.2) is 49.9 Å². The Morgan fingerprint density at radius 2 is 1.26 bits per heavy atom. The van der Waals surface area contributed by atoms with Gasteiger partial charge in [-0.2, -0.15) is 0 Å². The fraction of sp³-hybridized carbons (Fsp3) is 0.667. The van der Waals surface area contributed by atoms with Crippen LogP contribution in [0.2, 0.25) is 0 Å². The third-order valence-corrected chi connectivity index (χ3v) is 13.9. The normalized spacial score (nSPS) is 41.0. The number of aliphatic hydroxyl groups is 4. The Morgan fingerprint density at radius 3 is 1.79 bits per heavy atom. The first-order valence-corrected chi connectivity index (χ1v) is 17.7. The van der Waals surface area contributed by atoms with Crippen LogP contribution < -0.4 is 39.0 Å². The summed E-state index contributed by atoms with van der Waals surface area (Å²) in [6.07, 6.45) is 7.32. The van der Waals surface area contributed by atoms with Crippen LogP contribution in [0, 0.1) is 34.5 Å². The quantitative estimate of drug-likeness (QED) is 0.106. The molecule has 47 heavy (non-hydrogen) atoms. The molecule has 12 atom stereocenters. The predicted octanol–water partition coefficient (Wildman–Crippen LogP) is 1.62. The van der Waals surface area contributed by atoms with E-state index in [9.17, 15) is 30.8 Å². The van der Waals surface area contributed by atoms with Crippen molar-refractivity contribution >= 4 is 12.3 Å². The number of rotatable bonds is 4. The molecule has 2 aromatic carbocycles. The molecule has 8 unspecified atom stereocenters. The van der Waals surface area contributed by atoms with Crippen LogP contribution in [0.1, 0.15) is 99.3 Å². The van der Waals surface area contributed by atoms with E-state index in [-0.39, 0.29) is 40.4 Å². The van der Waals surface area contributed by atoms with E-state index in [0.717, 1.165) is 57.8 Å². The van der Waals surface area contributed by atoms with Crippen molar-refractivity contribution in [2.45, 2.75) is 114 Å². The molecule has 0 spiro atoms. The molecule has 6 aliphatic carbocycles. The van der Waals surface area contributed by atoms with E-state index < -0.39 is 24.4 Å². The Morgan fingerprint density at radius 1 is 0.745 bits per heavy atom. The van der Waals surface area contributed by atoms with E-state index in [2.05, 4.69) is 35.4 Å². The molecule has 252 valence electrons. The Balaban J connectivity index is 0.000000163. The zero-order valence-electron chi connectivity index (χ0n) is 27.6. The number of benzene rings is 2. The standard InChI is InChI=1S/C18H24O6S.C18H24O3.Na/c1-18-7-6-13-12-5-3-11(22-25-24-23-21)8-10(12)2-4-14(13)15(18)9-16(19)17(18)20;1-18-7-6-13-12-5-3-11(19)8-10(12)2-4-14(13)15(18)9-16(20)17(18)21;/h3,5,8,13-17,19-21H,2,4,6-7,9H2,1H3;3,5,8,13-17,19-21H,2,4,6-7,9H2,1H3;/q;;+1/p-1/t2*13?,14?,15?,16-,17+,18?;/m00./s1. The topological polar surface area (TPSA) is 152 Å². The molecule has 9 nitrogen and oxygen atoms in total. The number of hydrogen-bond donors (Lipinski definition) is 5. The van der Waals surface area contributed by atoms with Gasteiger partial charge in [0.15, 0.2) is 0 Å². The van der Waals surface area contributed by atoms with Gasteiger partial charge in [0.1, 0.15) is 11.5 Å². The van der Waals surface area contributed by atoms with Crippen molar-refractivity contribution in [2.75, 3.05) is 0 Å².